The van der Waals surface area contributed by atoms with Crippen molar-refractivity contribution in [2.24, 2.45) is 7.05 Å². The van der Waals surface area contributed by atoms with Gasteiger partial charge in [0.05, 0.1) is 11.6 Å². The number of nitrogens with two attached hydrogens (primary N) is 1. The molecule has 0 aromatic carbocycles. The molecule has 0 aliphatic heterocycles. The molecule has 3 rings (SSSR count). The molecule has 0 saturated carbocycles. The normalized spacial score (nSPS) is 11.0. The van der Waals surface area contributed by atoms with Crippen molar-refractivity contribution >= 4 is 22.8 Å². The Balaban J connectivity index is 1.80. The maximum Gasteiger partial charge on any atom is 0.224 e. The van der Waals surface area contributed by atoms with Crippen molar-refractivity contribution in [2.45, 2.75) is 6.42 Å². The lowest BCUT2D eigenvalue weighted by atomic mass is 10.3. The first-order valence-electron chi connectivity index (χ1n) is 5.77. The third-order valence-electron chi connectivity index (χ3n) is 2.73. The summed E-state index contributed by atoms with van der Waals surface area (Å²) in [5, 5.41) is 14.8. The maximum absolute atomic E-state index is 5.69. The minimum Gasteiger partial charge on any atom is -0.369 e. The zero-order valence-electron chi connectivity index (χ0n) is 10.3. The smallest absolute Gasteiger partial charge is 0.224 e. The van der Waals surface area contributed by atoms with Crippen LogP contribution >= 0.6 is 0 Å². The van der Waals surface area contributed by atoms with Crippen LogP contribution in [0.5, 0.6) is 0 Å². The van der Waals surface area contributed by atoms with E-state index < -0.39 is 0 Å². The van der Waals surface area contributed by atoms with Gasteiger partial charge in [-0.3, -0.25) is 9.78 Å². The van der Waals surface area contributed by atoms with Crippen molar-refractivity contribution in [3.63, 3.8) is 0 Å². The van der Waals surface area contributed by atoms with Gasteiger partial charge < -0.3 is 11.1 Å². The Bertz CT molecular complexity index is 684. The highest BCUT2D eigenvalue weighted by molar-refractivity contribution is 5.87. The Morgan fingerprint density at radius 2 is 2.32 bits per heavy atom. The number of hydrogen-bond donors (Lipinski definition) is 3. The third-order valence-corrected chi connectivity index (χ3v) is 2.73. The molecule has 0 unspecified atom stereocenters. The zero-order valence-corrected chi connectivity index (χ0v) is 10.3. The van der Waals surface area contributed by atoms with Crippen molar-refractivity contribution in [1.29, 1.82) is 0 Å². The predicted molar refractivity (Wildman–Crippen MR) is 69.3 cm³/mol. The molecule has 0 aliphatic rings. The highest BCUT2D eigenvalue weighted by Gasteiger charge is 2.09. The summed E-state index contributed by atoms with van der Waals surface area (Å²) in [6.07, 6.45) is 3.91. The molecule has 0 aliphatic carbocycles. The van der Waals surface area contributed by atoms with E-state index in [9.17, 15) is 0 Å². The number of aryl methyl sites for hydroxylation is 1. The second kappa shape index (κ2) is 4.52. The molecule has 19 heavy (non-hydrogen) atoms. The Labute approximate surface area is 108 Å². The van der Waals surface area contributed by atoms with Gasteiger partial charge in [-0.1, -0.05) is 0 Å². The van der Waals surface area contributed by atoms with Gasteiger partial charge >= 0.3 is 0 Å². The summed E-state index contributed by atoms with van der Waals surface area (Å²) in [5.41, 5.74) is 6.39. The van der Waals surface area contributed by atoms with E-state index in [1.165, 1.54) is 6.33 Å². The number of H-pyrrole nitrogens is 1. The second-order valence-corrected chi connectivity index (χ2v) is 4.04. The standard InChI is InChI=1S/C10H13N9/c1-19-9-6(4-15-19)8(16-10(11)17-9)12-3-2-7-13-5-14-18-7/h4-5H,2-3H2,1H3,(H,13,14,18)(H3,11,12,16,17). The molecule has 0 amide bonds. The first-order chi connectivity index (χ1) is 9.24. The fourth-order valence-corrected chi connectivity index (χ4v) is 1.82. The lowest BCUT2D eigenvalue weighted by Crippen LogP contribution is -2.09. The molecule has 0 saturated heterocycles. The van der Waals surface area contributed by atoms with Crippen molar-refractivity contribution in [3.05, 3.63) is 18.3 Å². The largest absolute Gasteiger partial charge is 0.369 e. The van der Waals surface area contributed by atoms with Gasteiger partial charge in [-0.2, -0.15) is 20.2 Å². The monoisotopic (exact) mass is 259 g/mol. The summed E-state index contributed by atoms with van der Waals surface area (Å²) >= 11 is 0. The molecule has 9 heteroatoms. The van der Waals surface area contributed by atoms with Crippen LogP contribution in [-0.4, -0.2) is 41.5 Å². The quantitative estimate of drug-likeness (QED) is 0.588. The van der Waals surface area contributed by atoms with E-state index in [0.717, 1.165) is 11.2 Å². The van der Waals surface area contributed by atoms with Crippen LogP contribution < -0.4 is 11.1 Å². The van der Waals surface area contributed by atoms with Gasteiger partial charge in [0.25, 0.3) is 0 Å². The van der Waals surface area contributed by atoms with Crippen molar-refractivity contribution in [3.8, 4) is 0 Å². The van der Waals surface area contributed by atoms with Crippen LogP contribution in [0, 0.1) is 0 Å². The average Bonchev–Trinajstić information content (AvgIpc) is 3.00. The lowest BCUT2D eigenvalue weighted by molar-refractivity contribution is 0.786. The van der Waals surface area contributed by atoms with Gasteiger partial charge in [-0.15, -0.1) is 0 Å². The lowest BCUT2D eigenvalue weighted by Gasteiger charge is -2.06. The fourth-order valence-electron chi connectivity index (χ4n) is 1.82. The van der Waals surface area contributed by atoms with Gasteiger partial charge in [0.15, 0.2) is 5.65 Å². The van der Waals surface area contributed by atoms with E-state index in [1.54, 1.807) is 10.9 Å². The van der Waals surface area contributed by atoms with Crippen molar-refractivity contribution < 1.29 is 0 Å². The molecule has 98 valence electrons. The predicted octanol–water partition coefficient (Wildman–Crippen LogP) is -0.282. The van der Waals surface area contributed by atoms with E-state index in [4.69, 9.17) is 5.73 Å². The molecule has 3 aromatic rings. The van der Waals surface area contributed by atoms with Gasteiger partial charge in [0.2, 0.25) is 5.95 Å². The molecule has 4 N–H and O–H groups in total. The summed E-state index contributed by atoms with van der Waals surface area (Å²) in [5.74, 6) is 1.71. The zero-order chi connectivity index (χ0) is 13.2. The second-order valence-electron chi connectivity index (χ2n) is 4.04. The van der Waals surface area contributed by atoms with Gasteiger partial charge in [-0.05, 0) is 0 Å². The summed E-state index contributed by atoms with van der Waals surface area (Å²) in [6, 6.07) is 0. The van der Waals surface area contributed by atoms with Crippen LogP contribution in [0.3, 0.4) is 0 Å². The maximum atomic E-state index is 5.69. The number of rotatable bonds is 4. The number of aromatic nitrogens is 7. The Morgan fingerprint density at radius 1 is 1.42 bits per heavy atom. The van der Waals surface area contributed by atoms with Crippen molar-refractivity contribution in [1.82, 2.24) is 34.9 Å². The number of nitrogens with zero attached hydrogens (tertiary/aromatic N) is 6. The van der Waals surface area contributed by atoms with Crippen molar-refractivity contribution in [2.75, 3.05) is 17.6 Å². The number of nitrogens with one attached hydrogen (secondary N) is 2. The van der Waals surface area contributed by atoms with Crippen LogP contribution in [0.1, 0.15) is 5.82 Å². The van der Waals surface area contributed by atoms with Gasteiger partial charge in [0, 0.05) is 20.0 Å². The van der Waals surface area contributed by atoms with Crippen LogP contribution in [0.4, 0.5) is 11.8 Å². The minimum atomic E-state index is 0.221. The number of anilines is 2. The van der Waals surface area contributed by atoms with E-state index in [-0.39, 0.29) is 5.95 Å². The Morgan fingerprint density at radius 3 is 3.11 bits per heavy atom. The molecule has 0 spiro atoms. The molecule has 0 fully saturated rings. The first-order valence-corrected chi connectivity index (χ1v) is 5.77. The summed E-state index contributed by atoms with van der Waals surface area (Å²) in [4.78, 5) is 12.4. The fraction of sp³-hybridized carbons (Fsp3) is 0.300. The minimum absolute atomic E-state index is 0.221. The van der Waals surface area contributed by atoms with Crippen LogP contribution in [-0.2, 0) is 13.5 Å². The SMILES string of the molecule is Cn1ncc2c(NCCc3ncn[nH]3)nc(N)nc21. The first kappa shape index (κ1) is 11.4. The average molecular weight is 259 g/mol. The molecule has 3 aromatic heterocycles. The highest BCUT2D eigenvalue weighted by atomic mass is 15.3. The molecular weight excluding hydrogens is 246 g/mol. The van der Waals surface area contributed by atoms with E-state index in [0.29, 0.717) is 24.4 Å². The van der Waals surface area contributed by atoms with Crippen LogP contribution in [0.2, 0.25) is 0 Å². The third kappa shape index (κ3) is 2.17. The molecule has 9 nitrogen and oxygen atoms in total. The number of fused-ring (bicyclic) bond motifs is 1. The van der Waals surface area contributed by atoms with Gasteiger partial charge in [-0.25, -0.2) is 4.98 Å². The topological polar surface area (TPSA) is 123 Å². The van der Waals surface area contributed by atoms with E-state index in [2.05, 4.69) is 35.6 Å². The van der Waals surface area contributed by atoms with E-state index in [1.807, 2.05) is 7.05 Å². The van der Waals surface area contributed by atoms with Gasteiger partial charge in [0.1, 0.15) is 18.0 Å². The summed E-state index contributed by atoms with van der Waals surface area (Å²) in [7, 11) is 1.81. The van der Waals surface area contributed by atoms with Crippen LogP contribution in [0.25, 0.3) is 11.0 Å². The molecule has 0 atom stereocenters. The summed E-state index contributed by atoms with van der Waals surface area (Å²) < 4.78 is 1.66. The Kier molecular flexibility index (Phi) is 2.71. The number of hydrogen-bond acceptors (Lipinski definition) is 7. The molecular formula is C10H13N9. The molecule has 0 bridgehead atoms. The Hall–Kier alpha value is -2.71. The van der Waals surface area contributed by atoms with E-state index >= 15 is 0 Å². The number of aromatic amines is 1. The molecule has 0 radical (unpaired) electrons. The summed E-state index contributed by atoms with van der Waals surface area (Å²) in [6.45, 7) is 0.662. The molecule has 3 heterocycles. The number of nitrogen functional groups attached to an aromatic ring is 1. The van der Waals surface area contributed by atoms with Crippen LogP contribution in [0.15, 0.2) is 12.5 Å². The highest BCUT2D eigenvalue weighted by Crippen LogP contribution is 2.19.